The molecule has 1 amide bonds. The normalized spacial score (nSPS) is 27.0. The van der Waals surface area contributed by atoms with Crippen molar-refractivity contribution in [3.8, 4) is 0 Å². The number of carbonyl (C=O) groups excluding carboxylic acids is 1. The van der Waals surface area contributed by atoms with Crippen LogP contribution in [0.4, 0.5) is 0 Å². The van der Waals surface area contributed by atoms with E-state index in [9.17, 15) is 4.79 Å². The molecule has 118 valence electrons. The van der Waals surface area contributed by atoms with Crippen molar-refractivity contribution in [3.05, 3.63) is 23.3 Å². The molecule has 2 fully saturated rings. The van der Waals surface area contributed by atoms with Crippen LogP contribution < -0.4 is 0 Å². The van der Waals surface area contributed by atoms with Gasteiger partial charge in [0, 0.05) is 33.2 Å². The van der Waals surface area contributed by atoms with Crippen molar-refractivity contribution >= 4 is 5.91 Å². The van der Waals surface area contributed by atoms with Gasteiger partial charge in [0.25, 0.3) is 0 Å². The van der Waals surface area contributed by atoms with Gasteiger partial charge >= 0.3 is 0 Å². The van der Waals surface area contributed by atoms with Crippen molar-refractivity contribution < 1.29 is 4.79 Å². The quantitative estimate of drug-likeness (QED) is 0.726. The fourth-order valence-electron chi connectivity index (χ4n) is 3.41. The van der Waals surface area contributed by atoms with Gasteiger partial charge in [-0.25, -0.2) is 0 Å². The Hall–Kier alpha value is -1.09. The van der Waals surface area contributed by atoms with Crippen LogP contribution >= 0.6 is 0 Å². The number of carbonyl (C=O) groups is 1. The van der Waals surface area contributed by atoms with Crippen LogP contribution in [-0.2, 0) is 4.79 Å². The van der Waals surface area contributed by atoms with E-state index in [1.165, 1.54) is 17.6 Å². The predicted octanol–water partition coefficient (Wildman–Crippen LogP) is 3.09. The summed E-state index contributed by atoms with van der Waals surface area (Å²) in [5.74, 6) is 1.20. The highest BCUT2D eigenvalue weighted by Gasteiger charge is 2.41. The zero-order valence-corrected chi connectivity index (χ0v) is 14.1. The molecule has 0 spiro atoms. The Morgan fingerprint density at radius 3 is 2.71 bits per heavy atom. The van der Waals surface area contributed by atoms with Gasteiger partial charge in [-0.2, -0.15) is 0 Å². The summed E-state index contributed by atoms with van der Waals surface area (Å²) in [7, 11) is 1.94. The molecule has 0 N–H and O–H groups in total. The minimum absolute atomic E-state index is 0.253. The summed E-state index contributed by atoms with van der Waals surface area (Å²) in [5, 5.41) is 0. The fourth-order valence-corrected chi connectivity index (χ4v) is 3.41. The lowest BCUT2D eigenvalue weighted by Gasteiger charge is -2.30. The van der Waals surface area contributed by atoms with Crippen LogP contribution in [0, 0.1) is 11.8 Å². The second-order valence-electron chi connectivity index (χ2n) is 7.00. The van der Waals surface area contributed by atoms with E-state index < -0.39 is 0 Å². The summed E-state index contributed by atoms with van der Waals surface area (Å²) in [6, 6.07) is 0. The summed E-state index contributed by atoms with van der Waals surface area (Å²) in [6.45, 7) is 10.5. The second kappa shape index (κ2) is 7.26. The van der Waals surface area contributed by atoms with Gasteiger partial charge in [-0.3, -0.25) is 9.69 Å². The number of rotatable bonds is 5. The highest BCUT2D eigenvalue weighted by atomic mass is 16.2. The second-order valence-corrected chi connectivity index (χ2v) is 7.00. The first-order chi connectivity index (χ1) is 9.97. The minimum atomic E-state index is 0.253. The molecule has 21 heavy (non-hydrogen) atoms. The van der Waals surface area contributed by atoms with Crippen molar-refractivity contribution in [1.82, 2.24) is 9.80 Å². The molecule has 2 heterocycles. The molecule has 0 aromatic heterocycles. The van der Waals surface area contributed by atoms with Crippen LogP contribution in [0.3, 0.4) is 0 Å². The molecule has 2 aliphatic rings. The molecule has 0 aromatic carbocycles. The minimum Gasteiger partial charge on any atom is -0.345 e. The van der Waals surface area contributed by atoms with Crippen LogP contribution in [0.15, 0.2) is 23.3 Å². The number of fused-ring (bicyclic) bond motifs is 1. The molecule has 2 saturated heterocycles. The Kier molecular flexibility index (Phi) is 5.63. The van der Waals surface area contributed by atoms with Gasteiger partial charge in [0.2, 0.25) is 5.91 Å². The molecule has 3 nitrogen and oxygen atoms in total. The molecule has 2 rings (SSSR count). The molecule has 0 bridgehead atoms. The number of nitrogens with zero attached hydrogens (tertiary/aromatic N) is 2. The monoisotopic (exact) mass is 290 g/mol. The molecule has 3 heteroatoms. The predicted molar refractivity (Wildman–Crippen MR) is 88.1 cm³/mol. The smallest absolute Gasteiger partial charge is 0.227 e. The van der Waals surface area contributed by atoms with E-state index in [4.69, 9.17) is 0 Å². The van der Waals surface area contributed by atoms with E-state index in [0.29, 0.717) is 11.8 Å². The molecule has 0 aliphatic carbocycles. The van der Waals surface area contributed by atoms with E-state index >= 15 is 0 Å². The molecule has 2 atom stereocenters. The fraction of sp³-hybridized carbons (Fsp3) is 0.722. The van der Waals surface area contributed by atoms with Crippen LogP contribution in [0.2, 0.25) is 0 Å². The molecular formula is C18H30N2O. The van der Waals surface area contributed by atoms with Gasteiger partial charge in [0.05, 0.1) is 5.92 Å². The lowest BCUT2D eigenvalue weighted by Crippen LogP contribution is -2.42. The SMILES string of the molecule is CC(C)=CCCC(C)=CCN1C[C@H]2CCN(C)C(=O)[C@H]2C1. The third-order valence-electron chi connectivity index (χ3n) is 4.83. The third kappa shape index (κ3) is 4.44. The van der Waals surface area contributed by atoms with Crippen molar-refractivity contribution in [2.45, 2.75) is 40.0 Å². The molecule has 0 aromatic rings. The van der Waals surface area contributed by atoms with Crippen LogP contribution in [0.1, 0.15) is 40.0 Å². The lowest BCUT2D eigenvalue weighted by atomic mass is 9.88. The van der Waals surface area contributed by atoms with E-state index in [1.807, 2.05) is 11.9 Å². The summed E-state index contributed by atoms with van der Waals surface area (Å²) in [4.78, 5) is 16.5. The largest absolute Gasteiger partial charge is 0.345 e. The average Bonchev–Trinajstić information content (AvgIpc) is 2.84. The summed E-state index contributed by atoms with van der Waals surface area (Å²) in [5.41, 5.74) is 2.86. The van der Waals surface area contributed by atoms with Gasteiger partial charge in [-0.15, -0.1) is 0 Å². The first-order valence-corrected chi connectivity index (χ1v) is 8.23. The highest BCUT2D eigenvalue weighted by molar-refractivity contribution is 5.80. The van der Waals surface area contributed by atoms with Gasteiger partial charge < -0.3 is 4.90 Å². The summed E-state index contributed by atoms with van der Waals surface area (Å²) in [6.07, 6.45) is 8.11. The summed E-state index contributed by atoms with van der Waals surface area (Å²) >= 11 is 0. The van der Waals surface area contributed by atoms with Gasteiger partial charge in [0.1, 0.15) is 0 Å². The summed E-state index contributed by atoms with van der Waals surface area (Å²) < 4.78 is 0. The maximum absolute atomic E-state index is 12.2. The topological polar surface area (TPSA) is 23.6 Å². The van der Waals surface area contributed by atoms with Crippen LogP contribution in [-0.4, -0.2) is 48.9 Å². The Balaban J connectivity index is 1.80. The molecule has 0 unspecified atom stereocenters. The maximum Gasteiger partial charge on any atom is 0.227 e. The lowest BCUT2D eigenvalue weighted by molar-refractivity contribution is -0.137. The first kappa shape index (κ1) is 16.3. The molecule has 0 radical (unpaired) electrons. The van der Waals surface area contributed by atoms with E-state index in [2.05, 4.69) is 37.8 Å². The van der Waals surface area contributed by atoms with Crippen molar-refractivity contribution in [1.29, 1.82) is 0 Å². The average molecular weight is 290 g/mol. The Bertz CT molecular complexity index is 434. The maximum atomic E-state index is 12.2. The highest BCUT2D eigenvalue weighted by Crippen LogP contribution is 2.31. The number of hydrogen-bond donors (Lipinski definition) is 0. The first-order valence-electron chi connectivity index (χ1n) is 8.23. The number of amides is 1. The zero-order valence-electron chi connectivity index (χ0n) is 14.1. The van der Waals surface area contributed by atoms with Crippen LogP contribution in [0.25, 0.3) is 0 Å². The Morgan fingerprint density at radius 2 is 2.00 bits per heavy atom. The molecule has 2 aliphatic heterocycles. The Labute approximate surface area is 129 Å². The van der Waals surface area contributed by atoms with E-state index in [0.717, 1.165) is 39.0 Å². The van der Waals surface area contributed by atoms with E-state index in [1.54, 1.807) is 0 Å². The Morgan fingerprint density at radius 1 is 1.24 bits per heavy atom. The van der Waals surface area contributed by atoms with Gasteiger partial charge in [-0.05, 0) is 46.0 Å². The number of piperidine rings is 1. The van der Waals surface area contributed by atoms with Crippen molar-refractivity contribution in [2.24, 2.45) is 11.8 Å². The van der Waals surface area contributed by atoms with Crippen LogP contribution in [0.5, 0.6) is 0 Å². The molecule has 0 saturated carbocycles. The standard InChI is InChI=1S/C18H30N2O/c1-14(2)6-5-7-15(3)8-11-20-12-16-9-10-19(4)18(21)17(16)13-20/h6,8,16-17H,5,7,9-13H2,1-4H3/t16-,17+/m1/s1. The van der Waals surface area contributed by atoms with Gasteiger partial charge in [-0.1, -0.05) is 23.3 Å². The molecular weight excluding hydrogens is 260 g/mol. The van der Waals surface area contributed by atoms with E-state index in [-0.39, 0.29) is 5.92 Å². The van der Waals surface area contributed by atoms with Gasteiger partial charge in [0.15, 0.2) is 0 Å². The van der Waals surface area contributed by atoms with Crippen molar-refractivity contribution in [3.63, 3.8) is 0 Å². The number of allylic oxidation sites excluding steroid dienone is 3. The number of likely N-dealkylation sites (tertiary alicyclic amines) is 2. The number of hydrogen-bond acceptors (Lipinski definition) is 2. The third-order valence-corrected chi connectivity index (χ3v) is 4.83. The van der Waals surface area contributed by atoms with Crippen molar-refractivity contribution in [2.75, 3.05) is 33.2 Å². The zero-order chi connectivity index (χ0) is 15.4.